The normalized spacial score (nSPS) is 15.3. The van der Waals surface area contributed by atoms with Gasteiger partial charge in [-0.25, -0.2) is 0 Å². The molecular formula is C8H18N2. The van der Waals surface area contributed by atoms with Crippen LogP contribution in [-0.2, 0) is 0 Å². The Hall–Kier alpha value is -0.500. The largest absolute Gasteiger partial charge is 0.405 e. The lowest BCUT2D eigenvalue weighted by atomic mass is 10.0. The molecule has 1 atom stereocenters. The fraction of sp³-hybridized carbons (Fsp3) is 0.750. The van der Waals surface area contributed by atoms with Crippen molar-refractivity contribution in [1.29, 1.82) is 0 Å². The van der Waals surface area contributed by atoms with Gasteiger partial charge in [-0.2, -0.15) is 0 Å². The molecule has 0 saturated carbocycles. The number of hydrogen-bond donors (Lipinski definition) is 2. The van der Waals surface area contributed by atoms with Gasteiger partial charge in [0.2, 0.25) is 0 Å². The molecular weight excluding hydrogens is 124 g/mol. The van der Waals surface area contributed by atoms with Crippen LogP contribution in [0, 0.1) is 0 Å². The number of nitrogens with two attached hydrogens (primary N) is 2. The smallest absolute Gasteiger partial charge is 0.0270 e. The first kappa shape index (κ1) is 9.50. The maximum atomic E-state index is 5.80. The zero-order chi connectivity index (χ0) is 7.98. The van der Waals surface area contributed by atoms with E-state index < -0.39 is 0 Å². The first-order chi connectivity index (χ1) is 4.76. The highest BCUT2D eigenvalue weighted by molar-refractivity contribution is 5.07. The van der Waals surface area contributed by atoms with E-state index in [1.807, 2.05) is 0 Å². The third-order valence-electron chi connectivity index (χ3n) is 1.70. The van der Waals surface area contributed by atoms with Crippen molar-refractivity contribution in [2.75, 3.05) is 0 Å². The lowest BCUT2D eigenvalue weighted by molar-refractivity contribution is 0.655. The molecule has 0 heterocycles. The molecule has 0 aromatic rings. The van der Waals surface area contributed by atoms with E-state index in [9.17, 15) is 0 Å². The van der Waals surface area contributed by atoms with Crippen LogP contribution < -0.4 is 11.5 Å². The molecule has 0 aromatic carbocycles. The summed E-state index contributed by atoms with van der Waals surface area (Å²) in [6.07, 6.45) is 4.77. The third kappa shape index (κ3) is 2.87. The first-order valence-electron chi connectivity index (χ1n) is 3.92. The van der Waals surface area contributed by atoms with Crippen molar-refractivity contribution in [2.45, 2.75) is 39.2 Å². The van der Waals surface area contributed by atoms with E-state index in [4.69, 9.17) is 11.5 Å². The third-order valence-corrected chi connectivity index (χ3v) is 1.70. The summed E-state index contributed by atoms with van der Waals surface area (Å²) < 4.78 is 0. The Kier molecular flexibility index (Phi) is 5.03. The SMILES string of the molecule is CCCC(N)C(=CN)CC. The maximum Gasteiger partial charge on any atom is 0.0270 e. The molecule has 0 aliphatic carbocycles. The van der Waals surface area contributed by atoms with Crippen molar-refractivity contribution in [3.8, 4) is 0 Å². The van der Waals surface area contributed by atoms with Crippen LogP contribution in [0.15, 0.2) is 11.8 Å². The molecule has 2 nitrogen and oxygen atoms in total. The average molecular weight is 142 g/mol. The van der Waals surface area contributed by atoms with E-state index in [1.165, 1.54) is 5.57 Å². The van der Waals surface area contributed by atoms with E-state index >= 15 is 0 Å². The highest BCUT2D eigenvalue weighted by Gasteiger charge is 2.03. The van der Waals surface area contributed by atoms with Crippen LogP contribution in [0.25, 0.3) is 0 Å². The van der Waals surface area contributed by atoms with Crippen molar-refractivity contribution in [3.05, 3.63) is 11.8 Å². The van der Waals surface area contributed by atoms with Crippen LogP contribution in [0.4, 0.5) is 0 Å². The van der Waals surface area contributed by atoms with Crippen LogP contribution in [0.2, 0.25) is 0 Å². The summed E-state index contributed by atoms with van der Waals surface area (Å²) in [5.74, 6) is 0. The summed E-state index contributed by atoms with van der Waals surface area (Å²) in [7, 11) is 0. The quantitative estimate of drug-likeness (QED) is 0.622. The summed E-state index contributed by atoms with van der Waals surface area (Å²) in [6.45, 7) is 4.21. The maximum absolute atomic E-state index is 5.80. The molecule has 10 heavy (non-hydrogen) atoms. The Morgan fingerprint density at radius 3 is 2.40 bits per heavy atom. The average Bonchev–Trinajstić information content (AvgIpc) is 1.91. The van der Waals surface area contributed by atoms with Crippen molar-refractivity contribution < 1.29 is 0 Å². The monoisotopic (exact) mass is 142 g/mol. The Balaban J connectivity index is 3.77. The Morgan fingerprint density at radius 1 is 1.50 bits per heavy atom. The zero-order valence-electron chi connectivity index (χ0n) is 6.93. The minimum Gasteiger partial charge on any atom is -0.405 e. The van der Waals surface area contributed by atoms with Crippen molar-refractivity contribution >= 4 is 0 Å². The fourth-order valence-electron chi connectivity index (χ4n) is 1.00. The Bertz CT molecular complexity index is 108. The van der Waals surface area contributed by atoms with E-state index in [0.717, 1.165) is 19.3 Å². The van der Waals surface area contributed by atoms with E-state index in [-0.39, 0.29) is 6.04 Å². The van der Waals surface area contributed by atoms with Gasteiger partial charge in [-0.15, -0.1) is 0 Å². The lowest BCUT2D eigenvalue weighted by Crippen LogP contribution is -2.22. The van der Waals surface area contributed by atoms with Gasteiger partial charge in [0, 0.05) is 6.04 Å². The Morgan fingerprint density at radius 2 is 2.10 bits per heavy atom. The molecule has 0 aliphatic rings. The van der Waals surface area contributed by atoms with Crippen molar-refractivity contribution in [2.24, 2.45) is 11.5 Å². The van der Waals surface area contributed by atoms with E-state index in [0.29, 0.717) is 0 Å². The molecule has 1 unspecified atom stereocenters. The molecule has 2 heteroatoms. The second kappa shape index (κ2) is 5.30. The lowest BCUT2D eigenvalue weighted by Gasteiger charge is -2.11. The zero-order valence-corrected chi connectivity index (χ0v) is 6.93. The molecule has 0 aromatic heterocycles. The minimum atomic E-state index is 0.181. The molecule has 0 aliphatic heterocycles. The topological polar surface area (TPSA) is 52.0 Å². The van der Waals surface area contributed by atoms with Gasteiger partial charge >= 0.3 is 0 Å². The second-order valence-corrected chi connectivity index (χ2v) is 2.49. The summed E-state index contributed by atoms with van der Waals surface area (Å²) in [5, 5.41) is 0. The van der Waals surface area contributed by atoms with Gasteiger partial charge < -0.3 is 11.5 Å². The standard InChI is InChI=1S/C8H18N2/c1-3-5-8(10)7(4-2)6-9/h6,8H,3-5,9-10H2,1-2H3. The van der Waals surface area contributed by atoms with Gasteiger partial charge in [-0.05, 0) is 24.6 Å². The summed E-state index contributed by atoms with van der Waals surface area (Å²) >= 11 is 0. The molecule has 4 N–H and O–H groups in total. The van der Waals surface area contributed by atoms with Gasteiger partial charge in [0.1, 0.15) is 0 Å². The molecule has 0 spiro atoms. The summed E-state index contributed by atoms with van der Waals surface area (Å²) in [6, 6.07) is 0.181. The molecule has 0 saturated heterocycles. The highest BCUT2D eigenvalue weighted by atomic mass is 14.6. The van der Waals surface area contributed by atoms with E-state index in [2.05, 4.69) is 13.8 Å². The van der Waals surface area contributed by atoms with E-state index in [1.54, 1.807) is 6.20 Å². The molecule has 0 radical (unpaired) electrons. The molecule has 0 bridgehead atoms. The van der Waals surface area contributed by atoms with Crippen LogP contribution in [-0.4, -0.2) is 6.04 Å². The fourth-order valence-corrected chi connectivity index (χ4v) is 1.00. The highest BCUT2D eigenvalue weighted by Crippen LogP contribution is 2.07. The van der Waals surface area contributed by atoms with Gasteiger partial charge in [-0.1, -0.05) is 20.3 Å². The molecule has 60 valence electrons. The predicted octanol–water partition coefficient (Wildman–Crippen LogP) is 1.37. The summed E-state index contributed by atoms with van der Waals surface area (Å²) in [5.41, 5.74) is 12.3. The summed E-state index contributed by atoms with van der Waals surface area (Å²) in [4.78, 5) is 0. The van der Waals surface area contributed by atoms with Crippen molar-refractivity contribution in [1.82, 2.24) is 0 Å². The number of rotatable bonds is 4. The molecule has 0 rings (SSSR count). The van der Waals surface area contributed by atoms with Crippen LogP contribution in [0.5, 0.6) is 0 Å². The molecule has 0 fully saturated rings. The molecule has 0 amide bonds. The minimum absolute atomic E-state index is 0.181. The number of hydrogen-bond acceptors (Lipinski definition) is 2. The van der Waals surface area contributed by atoms with Crippen LogP contribution in [0.3, 0.4) is 0 Å². The second-order valence-electron chi connectivity index (χ2n) is 2.49. The van der Waals surface area contributed by atoms with Crippen molar-refractivity contribution in [3.63, 3.8) is 0 Å². The van der Waals surface area contributed by atoms with Gasteiger partial charge in [0.05, 0.1) is 0 Å². The van der Waals surface area contributed by atoms with Crippen LogP contribution >= 0.6 is 0 Å². The Labute approximate surface area is 63.3 Å². The first-order valence-corrected chi connectivity index (χ1v) is 3.92. The van der Waals surface area contributed by atoms with Crippen LogP contribution in [0.1, 0.15) is 33.1 Å². The van der Waals surface area contributed by atoms with Gasteiger partial charge in [0.25, 0.3) is 0 Å². The van der Waals surface area contributed by atoms with Gasteiger partial charge in [0.15, 0.2) is 0 Å². The van der Waals surface area contributed by atoms with Gasteiger partial charge in [-0.3, -0.25) is 0 Å². The predicted molar refractivity (Wildman–Crippen MR) is 45.4 cm³/mol.